The van der Waals surface area contributed by atoms with E-state index in [4.69, 9.17) is 0 Å². The Hall–Kier alpha value is -3.91. The van der Waals surface area contributed by atoms with Gasteiger partial charge in [-0.3, -0.25) is 13.9 Å². The average molecular weight is 478 g/mol. The van der Waals surface area contributed by atoms with Gasteiger partial charge in [0.15, 0.2) is 0 Å². The number of benzene rings is 3. The summed E-state index contributed by atoms with van der Waals surface area (Å²) in [5.74, 6) is -0.693. The number of anilines is 2. The first-order valence-corrected chi connectivity index (χ1v) is 12.6. The monoisotopic (exact) mass is 477 g/mol. The van der Waals surface area contributed by atoms with Crippen LogP contribution in [0.1, 0.15) is 26.3 Å². The SMILES string of the molecule is C=CCN(c1ccc(C(=O)Nc2ccccc2C(=O)NCCc2ccccc2)cc1)S(C)(=O)=O. The van der Waals surface area contributed by atoms with Crippen LogP contribution in [0.3, 0.4) is 0 Å². The largest absolute Gasteiger partial charge is 0.352 e. The summed E-state index contributed by atoms with van der Waals surface area (Å²) < 4.78 is 25.2. The van der Waals surface area contributed by atoms with Crippen molar-refractivity contribution in [3.63, 3.8) is 0 Å². The van der Waals surface area contributed by atoms with Crippen LogP contribution in [0.2, 0.25) is 0 Å². The highest BCUT2D eigenvalue weighted by Gasteiger charge is 2.17. The number of carbonyl (C=O) groups excluding carboxylic acids is 2. The van der Waals surface area contributed by atoms with Gasteiger partial charge < -0.3 is 10.6 Å². The van der Waals surface area contributed by atoms with Gasteiger partial charge in [0.1, 0.15) is 0 Å². The third-order valence-electron chi connectivity index (χ3n) is 5.07. The lowest BCUT2D eigenvalue weighted by molar-refractivity contribution is 0.0955. The molecule has 7 nitrogen and oxygen atoms in total. The summed E-state index contributed by atoms with van der Waals surface area (Å²) in [6.07, 6.45) is 3.30. The maximum absolute atomic E-state index is 12.8. The van der Waals surface area contributed by atoms with Gasteiger partial charge in [0.2, 0.25) is 10.0 Å². The normalized spacial score (nSPS) is 10.9. The third-order valence-corrected chi connectivity index (χ3v) is 6.24. The van der Waals surface area contributed by atoms with Crippen LogP contribution in [0.5, 0.6) is 0 Å². The Morgan fingerprint density at radius 3 is 2.21 bits per heavy atom. The number of amides is 2. The molecule has 0 atom stereocenters. The molecule has 176 valence electrons. The maximum atomic E-state index is 12.8. The molecule has 0 aliphatic heterocycles. The second-order valence-electron chi connectivity index (χ2n) is 7.62. The van der Waals surface area contributed by atoms with Gasteiger partial charge in [-0.25, -0.2) is 8.42 Å². The molecule has 0 bridgehead atoms. The molecule has 0 heterocycles. The summed E-state index contributed by atoms with van der Waals surface area (Å²) in [6, 6.07) is 22.8. The molecule has 3 rings (SSSR count). The molecule has 0 unspecified atom stereocenters. The molecule has 0 saturated carbocycles. The summed E-state index contributed by atoms with van der Waals surface area (Å²) in [6.45, 7) is 4.17. The van der Waals surface area contributed by atoms with Crippen molar-refractivity contribution in [1.82, 2.24) is 5.32 Å². The minimum absolute atomic E-state index is 0.122. The first-order chi connectivity index (χ1) is 16.3. The summed E-state index contributed by atoms with van der Waals surface area (Å²) >= 11 is 0. The second kappa shape index (κ2) is 11.3. The van der Waals surface area contributed by atoms with Crippen molar-refractivity contribution in [2.24, 2.45) is 0 Å². The van der Waals surface area contributed by atoms with Gasteiger partial charge in [-0.1, -0.05) is 48.5 Å². The maximum Gasteiger partial charge on any atom is 0.255 e. The molecule has 3 aromatic carbocycles. The summed E-state index contributed by atoms with van der Waals surface area (Å²) in [7, 11) is -3.49. The molecule has 0 aromatic heterocycles. The topological polar surface area (TPSA) is 95.6 Å². The Bertz CT molecular complexity index is 1260. The predicted molar refractivity (Wildman–Crippen MR) is 136 cm³/mol. The fraction of sp³-hybridized carbons (Fsp3) is 0.154. The Morgan fingerprint density at radius 2 is 1.56 bits per heavy atom. The number of sulfonamides is 1. The van der Waals surface area contributed by atoms with Crippen molar-refractivity contribution in [3.05, 3.63) is 108 Å². The highest BCUT2D eigenvalue weighted by Crippen LogP contribution is 2.20. The lowest BCUT2D eigenvalue weighted by atomic mass is 10.1. The molecule has 3 aromatic rings. The third kappa shape index (κ3) is 6.55. The molecule has 0 spiro atoms. The standard InChI is InChI=1S/C26H27N3O4S/c1-3-19-29(34(2,32)33)22-15-13-21(14-16-22)25(30)28-24-12-8-7-11-23(24)26(31)27-18-17-20-9-5-4-6-10-20/h3-16H,1,17-19H2,2H3,(H,27,31)(H,28,30). The fourth-order valence-electron chi connectivity index (χ4n) is 3.37. The smallest absolute Gasteiger partial charge is 0.255 e. The molecule has 2 amide bonds. The van der Waals surface area contributed by atoms with E-state index in [0.29, 0.717) is 35.5 Å². The van der Waals surface area contributed by atoms with Gasteiger partial charge in [0.05, 0.1) is 29.7 Å². The van der Waals surface area contributed by atoms with Gasteiger partial charge >= 0.3 is 0 Å². The van der Waals surface area contributed by atoms with Crippen LogP contribution >= 0.6 is 0 Å². The van der Waals surface area contributed by atoms with Crippen molar-refractivity contribution in [2.75, 3.05) is 29.0 Å². The van der Waals surface area contributed by atoms with Crippen LogP contribution in [-0.2, 0) is 16.4 Å². The Balaban J connectivity index is 1.68. The molecule has 0 fully saturated rings. The van der Waals surface area contributed by atoms with Crippen LogP contribution in [0.25, 0.3) is 0 Å². The fourth-order valence-corrected chi connectivity index (χ4v) is 4.25. The number of nitrogens with zero attached hydrogens (tertiary/aromatic N) is 1. The molecular weight excluding hydrogens is 450 g/mol. The first kappa shape index (κ1) is 24.7. The predicted octanol–water partition coefficient (Wildman–Crippen LogP) is 3.86. The van der Waals surface area contributed by atoms with Crippen molar-refractivity contribution in [2.45, 2.75) is 6.42 Å². The quantitative estimate of drug-likeness (QED) is 0.434. The van der Waals surface area contributed by atoms with Crippen molar-refractivity contribution in [1.29, 1.82) is 0 Å². The molecule has 0 saturated heterocycles. The van der Waals surface area contributed by atoms with Gasteiger partial charge in [0, 0.05) is 12.1 Å². The minimum Gasteiger partial charge on any atom is -0.352 e. The van der Waals surface area contributed by atoms with E-state index in [1.807, 2.05) is 30.3 Å². The number of nitrogens with one attached hydrogen (secondary N) is 2. The van der Waals surface area contributed by atoms with Crippen molar-refractivity contribution in [3.8, 4) is 0 Å². The summed E-state index contributed by atoms with van der Waals surface area (Å²) in [4.78, 5) is 25.5. The zero-order valence-electron chi connectivity index (χ0n) is 18.9. The van der Waals surface area contributed by atoms with E-state index in [-0.39, 0.29) is 12.5 Å². The molecule has 0 aliphatic carbocycles. The highest BCUT2D eigenvalue weighted by atomic mass is 32.2. The Kier molecular flexibility index (Phi) is 8.21. The van der Waals surface area contributed by atoms with Crippen LogP contribution < -0.4 is 14.9 Å². The number of carbonyl (C=O) groups is 2. The summed E-state index contributed by atoms with van der Waals surface area (Å²) in [5, 5.41) is 5.66. The number of rotatable bonds is 10. The van der Waals surface area contributed by atoms with E-state index in [1.165, 1.54) is 22.5 Å². The van der Waals surface area contributed by atoms with Crippen molar-refractivity contribution >= 4 is 33.2 Å². The Labute approximate surface area is 200 Å². The second-order valence-corrected chi connectivity index (χ2v) is 9.53. The zero-order chi connectivity index (χ0) is 24.6. The van der Waals surface area contributed by atoms with Crippen LogP contribution in [-0.4, -0.2) is 39.6 Å². The van der Waals surface area contributed by atoms with Gasteiger partial charge in [-0.05, 0) is 48.4 Å². The summed E-state index contributed by atoms with van der Waals surface area (Å²) in [5.41, 5.74) is 2.62. The Morgan fingerprint density at radius 1 is 0.912 bits per heavy atom. The van der Waals surface area contributed by atoms with E-state index < -0.39 is 15.9 Å². The number of para-hydroxylation sites is 1. The van der Waals surface area contributed by atoms with Crippen molar-refractivity contribution < 1.29 is 18.0 Å². The number of hydrogen-bond donors (Lipinski definition) is 2. The van der Waals surface area contributed by atoms with Crippen LogP contribution in [0.15, 0.2) is 91.5 Å². The molecule has 8 heteroatoms. The van der Waals surface area contributed by atoms with E-state index in [1.54, 1.807) is 36.4 Å². The van der Waals surface area contributed by atoms with Crippen LogP contribution in [0, 0.1) is 0 Å². The highest BCUT2D eigenvalue weighted by molar-refractivity contribution is 7.92. The molecule has 0 aliphatic rings. The minimum atomic E-state index is -3.49. The van der Waals surface area contributed by atoms with E-state index >= 15 is 0 Å². The van der Waals surface area contributed by atoms with Gasteiger partial charge in [0.25, 0.3) is 11.8 Å². The lowest BCUT2D eigenvalue weighted by Gasteiger charge is -2.20. The molecular formula is C26H27N3O4S. The first-order valence-electron chi connectivity index (χ1n) is 10.7. The van der Waals surface area contributed by atoms with E-state index in [0.717, 1.165) is 11.8 Å². The zero-order valence-corrected chi connectivity index (χ0v) is 19.7. The lowest BCUT2D eigenvalue weighted by Crippen LogP contribution is -2.29. The molecule has 34 heavy (non-hydrogen) atoms. The molecule has 2 N–H and O–H groups in total. The van der Waals surface area contributed by atoms with E-state index in [2.05, 4.69) is 17.2 Å². The average Bonchev–Trinajstić information content (AvgIpc) is 2.83. The molecule has 0 radical (unpaired) electrons. The number of hydrogen-bond acceptors (Lipinski definition) is 4. The van der Waals surface area contributed by atoms with E-state index in [9.17, 15) is 18.0 Å². The van der Waals surface area contributed by atoms with Gasteiger partial charge in [-0.2, -0.15) is 0 Å². The van der Waals surface area contributed by atoms with Crippen LogP contribution in [0.4, 0.5) is 11.4 Å². The van der Waals surface area contributed by atoms with Gasteiger partial charge in [-0.15, -0.1) is 6.58 Å².